The molecule has 4 atom stereocenters. The highest BCUT2D eigenvalue weighted by Gasteiger charge is 2.34. The number of nitrogens with zero attached hydrogens (tertiary/aromatic N) is 1. The highest BCUT2D eigenvalue weighted by molar-refractivity contribution is 5.73. The minimum atomic E-state index is -1.40. The van der Waals surface area contributed by atoms with Crippen molar-refractivity contribution in [1.82, 2.24) is 10.4 Å². The summed E-state index contributed by atoms with van der Waals surface area (Å²) in [5.74, 6) is -3.55. The van der Waals surface area contributed by atoms with Gasteiger partial charge in [0.15, 0.2) is 0 Å². The number of aliphatic hydroxyl groups excluding tert-OH is 3. The number of hydroxylamine groups is 2. The molecule has 12 nitrogen and oxygen atoms in total. The molecule has 0 aliphatic carbocycles. The SMILES string of the molecule is CC(=O)NC[C@](C)(C[C@@H](O)CC(=O)O)ON(C[C@@H](O)C[C@@H](O)CC(=O)O)C(C)=O. The predicted molar refractivity (Wildman–Crippen MR) is 97.3 cm³/mol. The molecule has 0 saturated carbocycles. The number of carboxylic acid groups (broad SMARTS) is 2. The highest BCUT2D eigenvalue weighted by Crippen LogP contribution is 2.21. The highest BCUT2D eigenvalue weighted by atomic mass is 16.7. The van der Waals surface area contributed by atoms with Gasteiger partial charge in [-0.3, -0.25) is 24.0 Å². The molecule has 0 aromatic carbocycles. The van der Waals surface area contributed by atoms with Crippen molar-refractivity contribution >= 4 is 23.8 Å². The van der Waals surface area contributed by atoms with E-state index in [1.165, 1.54) is 13.8 Å². The van der Waals surface area contributed by atoms with Crippen molar-refractivity contribution in [2.75, 3.05) is 13.1 Å². The van der Waals surface area contributed by atoms with Gasteiger partial charge >= 0.3 is 11.9 Å². The maximum absolute atomic E-state index is 11.9. The first kappa shape index (κ1) is 26.7. The fourth-order valence-electron chi connectivity index (χ4n) is 2.59. The molecule has 0 aliphatic rings. The smallest absolute Gasteiger partial charge is 0.305 e. The van der Waals surface area contributed by atoms with Gasteiger partial charge in [-0.25, -0.2) is 5.06 Å². The van der Waals surface area contributed by atoms with Gasteiger partial charge in [-0.2, -0.15) is 0 Å². The summed E-state index contributed by atoms with van der Waals surface area (Å²) in [6, 6.07) is 0. The van der Waals surface area contributed by atoms with Gasteiger partial charge in [-0.05, 0) is 6.92 Å². The summed E-state index contributed by atoms with van der Waals surface area (Å²) in [4.78, 5) is 50.1. The number of rotatable bonds is 14. The zero-order valence-corrected chi connectivity index (χ0v) is 16.7. The quantitative estimate of drug-likeness (QED) is 0.179. The molecule has 0 radical (unpaired) electrons. The minimum Gasteiger partial charge on any atom is -0.481 e. The first-order chi connectivity index (χ1) is 13.2. The zero-order valence-electron chi connectivity index (χ0n) is 16.7. The molecule has 0 rings (SSSR count). The van der Waals surface area contributed by atoms with Crippen molar-refractivity contribution in [3.05, 3.63) is 0 Å². The van der Waals surface area contributed by atoms with Crippen molar-refractivity contribution in [1.29, 1.82) is 0 Å². The Kier molecular flexibility index (Phi) is 11.3. The Balaban J connectivity index is 5.21. The topological polar surface area (TPSA) is 194 Å². The van der Waals surface area contributed by atoms with E-state index in [1.54, 1.807) is 0 Å². The summed E-state index contributed by atoms with van der Waals surface area (Å²) >= 11 is 0. The summed E-state index contributed by atoms with van der Waals surface area (Å²) in [6.07, 6.45) is -5.73. The van der Waals surface area contributed by atoms with Crippen LogP contribution >= 0.6 is 0 Å². The normalized spacial score (nSPS) is 16.2. The van der Waals surface area contributed by atoms with Crippen LogP contribution in [0.3, 0.4) is 0 Å². The summed E-state index contributed by atoms with van der Waals surface area (Å²) < 4.78 is 0. The summed E-state index contributed by atoms with van der Waals surface area (Å²) in [7, 11) is 0. The number of nitrogens with one attached hydrogen (secondary N) is 1. The van der Waals surface area contributed by atoms with Gasteiger partial charge in [0.1, 0.15) is 5.60 Å². The molecule has 0 heterocycles. The zero-order chi connectivity index (χ0) is 22.8. The predicted octanol–water partition coefficient (Wildman–Crippen LogP) is -1.53. The molecule has 29 heavy (non-hydrogen) atoms. The van der Waals surface area contributed by atoms with E-state index >= 15 is 0 Å². The molecule has 0 aromatic rings. The Morgan fingerprint density at radius 1 is 0.966 bits per heavy atom. The Bertz CT molecular complexity index is 585. The van der Waals surface area contributed by atoms with Gasteiger partial charge < -0.3 is 30.8 Å². The van der Waals surface area contributed by atoms with E-state index in [1.807, 2.05) is 0 Å². The average Bonchev–Trinajstić information content (AvgIpc) is 2.50. The van der Waals surface area contributed by atoms with Crippen molar-refractivity contribution < 1.29 is 49.5 Å². The number of carboxylic acids is 2. The second-order valence-corrected chi connectivity index (χ2v) is 7.13. The van der Waals surface area contributed by atoms with Crippen LogP contribution in [-0.2, 0) is 24.0 Å². The monoisotopic (exact) mass is 422 g/mol. The summed E-state index contributed by atoms with van der Waals surface area (Å²) in [5.41, 5.74) is -1.40. The van der Waals surface area contributed by atoms with E-state index in [0.29, 0.717) is 0 Å². The Morgan fingerprint density at radius 3 is 1.93 bits per heavy atom. The van der Waals surface area contributed by atoms with E-state index in [2.05, 4.69) is 5.32 Å². The van der Waals surface area contributed by atoms with Crippen molar-refractivity contribution in [3.63, 3.8) is 0 Å². The molecule has 0 aliphatic heterocycles. The molecule has 12 heteroatoms. The first-order valence-electron chi connectivity index (χ1n) is 8.93. The lowest BCUT2D eigenvalue weighted by Gasteiger charge is -2.36. The lowest BCUT2D eigenvalue weighted by molar-refractivity contribution is -0.247. The Labute approximate surface area is 168 Å². The first-order valence-corrected chi connectivity index (χ1v) is 8.93. The number of aliphatic hydroxyl groups is 3. The fraction of sp³-hybridized carbons (Fsp3) is 0.765. The maximum Gasteiger partial charge on any atom is 0.305 e. The lowest BCUT2D eigenvalue weighted by Crippen LogP contribution is -2.51. The number of hydrogen-bond donors (Lipinski definition) is 6. The van der Waals surface area contributed by atoms with Crippen molar-refractivity contribution in [2.45, 2.75) is 70.4 Å². The number of aliphatic carboxylic acids is 2. The van der Waals surface area contributed by atoms with Crippen LogP contribution in [0.2, 0.25) is 0 Å². The molecular formula is C17H30N2O10. The van der Waals surface area contributed by atoms with Gasteiger partial charge in [0.25, 0.3) is 0 Å². The van der Waals surface area contributed by atoms with Crippen LogP contribution in [0.4, 0.5) is 0 Å². The van der Waals surface area contributed by atoms with E-state index in [-0.39, 0.29) is 19.4 Å². The molecule has 0 aromatic heterocycles. The molecular weight excluding hydrogens is 392 g/mol. The van der Waals surface area contributed by atoms with E-state index in [9.17, 15) is 34.5 Å². The number of amides is 2. The average molecular weight is 422 g/mol. The number of hydrogen-bond acceptors (Lipinski definition) is 8. The van der Waals surface area contributed by atoms with Crippen LogP contribution in [0, 0.1) is 0 Å². The summed E-state index contributed by atoms with van der Waals surface area (Å²) in [6.45, 7) is 3.23. The number of carbonyl (C=O) groups excluding carboxylic acids is 2. The molecule has 6 N–H and O–H groups in total. The van der Waals surface area contributed by atoms with Crippen molar-refractivity contribution in [3.8, 4) is 0 Å². The standard InChI is InChI=1S/C17H30N2O10/c1-10(20)18-9-17(3,7-13(23)6-16(27)28)29-19(11(2)21)8-14(24)4-12(22)5-15(25)26/h12-14,22-24H,4-9H2,1-3H3,(H,18,20)(H,25,26)(H,27,28)/t12-,13+,14+,17+/m1/s1. The largest absolute Gasteiger partial charge is 0.481 e. The third-order valence-electron chi connectivity index (χ3n) is 3.80. The fourth-order valence-corrected chi connectivity index (χ4v) is 2.59. The molecule has 0 bridgehead atoms. The maximum atomic E-state index is 11.9. The van der Waals surface area contributed by atoms with Crippen LogP contribution in [0.5, 0.6) is 0 Å². The Morgan fingerprint density at radius 2 is 1.48 bits per heavy atom. The summed E-state index contributed by atoms with van der Waals surface area (Å²) in [5, 5.41) is 50.3. The molecule has 0 spiro atoms. The van der Waals surface area contributed by atoms with Gasteiger partial charge in [0.2, 0.25) is 11.8 Å². The van der Waals surface area contributed by atoms with Crippen LogP contribution < -0.4 is 5.32 Å². The number of carbonyl (C=O) groups is 4. The van der Waals surface area contributed by atoms with Gasteiger partial charge in [-0.1, -0.05) is 0 Å². The van der Waals surface area contributed by atoms with E-state index in [4.69, 9.17) is 15.1 Å². The second kappa shape index (κ2) is 12.3. The van der Waals surface area contributed by atoms with Crippen molar-refractivity contribution in [2.24, 2.45) is 0 Å². The second-order valence-electron chi connectivity index (χ2n) is 7.13. The van der Waals surface area contributed by atoms with Crippen LogP contribution in [0.1, 0.15) is 46.5 Å². The van der Waals surface area contributed by atoms with Gasteiger partial charge in [0.05, 0.1) is 37.7 Å². The van der Waals surface area contributed by atoms with Crippen LogP contribution in [0.15, 0.2) is 0 Å². The Hall–Kier alpha value is -2.28. The third kappa shape index (κ3) is 12.7. The molecule has 168 valence electrons. The van der Waals surface area contributed by atoms with E-state index < -0.39 is 67.1 Å². The molecule has 0 saturated heterocycles. The lowest BCUT2D eigenvalue weighted by atomic mass is 9.96. The van der Waals surface area contributed by atoms with Crippen LogP contribution in [0.25, 0.3) is 0 Å². The minimum absolute atomic E-state index is 0.166. The van der Waals surface area contributed by atoms with Gasteiger partial charge in [-0.15, -0.1) is 0 Å². The van der Waals surface area contributed by atoms with Crippen LogP contribution in [-0.4, -0.2) is 91.4 Å². The molecule has 0 unspecified atom stereocenters. The van der Waals surface area contributed by atoms with Gasteiger partial charge in [0, 0.05) is 33.2 Å². The molecule has 2 amide bonds. The third-order valence-corrected chi connectivity index (χ3v) is 3.80. The van der Waals surface area contributed by atoms with E-state index in [0.717, 1.165) is 12.0 Å². The molecule has 0 fully saturated rings.